The zero-order valence-electron chi connectivity index (χ0n) is 18.2. The molecule has 0 amide bonds. The Hall–Kier alpha value is -2.80. The summed E-state index contributed by atoms with van der Waals surface area (Å²) < 4.78 is 10.8. The first-order chi connectivity index (χ1) is 14.7. The number of anilines is 1. The molecule has 162 valence electrons. The predicted octanol–water partition coefficient (Wildman–Crippen LogP) is 2.61. The lowest BCUT2D eigenvalue weighted by atomic mass is 10.1. The molecule has 0 bridgehead atoms. The van der Waals surface area contributed by atoms with Crippen LogP contribution in [-0.2, 0) is 17.7 Å². The van der Waals surface area contributed by atoms with Crippen molar-refractivity contribution in [3.8, 4) is 5.75 Å². The molecule has 30 heavy (non-hydrogen) atoms. The molecule has 1 aromatic heterocycles. The molecule has 2 N–H and O–H groups in total. The number of morpholine rings is 1. The van der Waals surface area contributed by atoms with Crippen molar-refractivity contribution in [1.82, 2.24) is 15.6 Å². The second-order valence-electron chi connectivity index (χ2n) is 7.37. The van der Waals surface area contributed by atoms with Crippen molar-refractivity contribution in [3.05, 3.63) is 53.7 Å². The number of methoxy groups -OCH3 is 1. The molecule has 1 saturated heterocycles. The minimum Gasteiger partial charge on any atom is -0.497 e. The number of benzene rings is 1. The summed E-state index contributed by atoms with van der Waals surface area (Å²) in [5.74, 6) is 2.70. The van der Waals surface area contributed by atoms with E-state index >= 15 is 0 Å². The SMILES string of the molecule is CCNC(=NCc1ccnc(N2CCOC(C)C2)c1)NCCc1ccc(OC)cc1. The average Bonchev–Trinajstić information content (AvgIpc) is 2.78. The monoisotopic (exact) mass is 411 g/mol. The summed E-state index contributed by atoms with van der Waals surface area (Å²) in [6.07, 6.45) is 3.02. The third kappa shape index (κ3) is 6.62. The maximum Gasteiger partial charge on any atom is 0.191 e. The molecule has 1 aliphatic rings. The van der Waals surface area contributed by atoms with Crippen LogP contribution in [0.25, 0.3) is 0 Å². The van der Waals surface area contributed by atoms with Crippen molar-refractivity contribution >= 4 is 11.8 Å². The number of ether oxygens (including phenoxy) is 2. The maximum absolute atomic E-state index is 5.63. The first kappa shape index (κ1) is 21.9. The van der Waals surface area contributed by atoms with Gasteiger partial charge in [0.15, 0.2) is 5.96 Å². The van der Waals surface area contributed by atoms with Crippen molar-refractivity contribution in [2.75, 3.05) is 44.8 Å². The molecular formula is C23H33N5O2. The highest BCUT2D eigenvalue weighted by Gasteiger charge is 2.17. The highest BCUT2D eigenvalue weighted by atomic mass is 16.5. The molecule has 0 radical (unpaired) electrons. The number of rotatable bonds is 8. The Bertz CT molecular complexity index is 809. The van der Waals surface area contributed by atoms with Gasteiger partial charge >= 0.3 is 0 Å². The highest BCUT2D eigenvalue weighted by molar-refractivity contribution is 5.79. The average molecular weight is 412 g/mol. The van der Waals surface area contributed by atoms with Gasteiger partial charge < -0.3 is 25.0 Å². The number of pyridine rings is 1. The summed E-state index contributed by atoms with van der Waals surface area (Å²) >= 11 is 0. The van der Waals surface area contributed by atoms with E-state index in [1.54, 1.807) is 7.11 Å². The topological polar surface area (TPSA) is 71.0 Å². The third-order valence-electron chi connectivity index (χ3n) is 5.00. The number of nitrogens with zero attached hydrogens (tertiary/aromatic N) is 3. The van der Waals surface area contributed by atoms with Crippen LogP contribution in [0.1, 0.15) is 25.0 Å². The minimum absolute atomic E-state index is 0.234. The van der Waals surface area contributed by atoms with Crippen LogP contribution in [0.4, 0.5) is 5.82 Å². The standard InChI is InChI=1S/C23H33N5O2/c1-4-24-23(26-12-9-19-5-7-21(29-3)8-6-19)27-16-20-10-11-25-22(15-20)28-13-14-30-18(2)17-28/h5-8,10-11,15,18H,4,9,12-14,16-17H2,1-3H3,(H2,24,26,27). The molecule has 7 nitrogen and oxygen atoms in total. The molecule has 1 aromatic carbocycles. The molecule has 0 spiro atoms. The predicted molar refractivity (Wildman–Crippen MR) is 121 cm³/mol. The van der Waals surface area contributed by atoms with Crippen molar-refractivity contribution in [3.63, 3.8) is 0 Å². The lowest BCUT2D eigenvalue weighted by molar-refractivity contribution is 0.0529. The van der Waals surface area contributed by atoms with Gasteiger partial charge in [-0.15, -0.1) is 0 Å². The van der Waals surface area contributed by atoms with Gasteiger partial charge in [-0.05, 0) is 55.7 Å². The van der Waals surface area contributed by atoms with Crippen LogP contribution in [0, 0.1) is 0 Å². The fraction of sp³-hybridized carbons (Fsp3) is 0.478. The highest BCUT2D eigenvalue weighted by Crippen LogP contribution is 2.17. The molecule has 1 aliphatic heterocycles. The number of guanidine groups is 1. The molecule has 0 aliphatic carbocycles. The van der Waals surface area contributed by atoms with Crippen LogP contribution >= 0.6 is 0 Å². The quantitative estimate of drug-likeness (QED) is 0.514. The van der Waals surface area contributed by atoms with Crippen molar-refractivity contribution in [2.45, 2.75) is 32.9 Å². The van der Waals surface area contributed by atoms with Gasteiger partial charge in [-0.1, -0.05) is 12.1 Å². The van der Waals surface area contributed by atoms with Crippen LogP contribution in [0.2, 0.25) is 0 Å². The maximum atomic E-state index is 5.63. The number of aromatic nitrogens is 1. The van der Waals surface area contributed by atoms with Gasteiger partial charge in [0.1, 0.15) is 11.6 Å². The van der Waals surface area contributed by atoms with Crippen LogP contribution in [0.5, 0.6) is 5.75 Å². The summed E-state index contributed by atoms with van der Waals surface area (Å²) in [5.41, 5.74) is 2.41. The van der Waals surface area contributed by atoms with Crippen LogP contribution < -0.4 is 20.3 Å². The van der Waals surface area contributed by atoms with Gasteiger partial charge in [-0.25, -0.2) is 9.98 Å². The van der Waals surface area contributed by atoms with E-state index in [0.717, 1.165) is 62.3 Å². The van der Waals surface area contributed by atoms with Gasteiger partial charge in [-0.3, -0.25) is 0 Å². The van der Waals surface area contributed by atoms with Crippen LogP contribution in [0.15, 0.2) is 47.6 Å². The van der Waals surface area contributed by atoms with Gasteiger partial charge in [0.25, 0.3) is 0 Å². The molecule has 2 heterocycles. The second-order valence-corrected chi connectivity index (χ2v) is 7.37. The van der Waals surface area contributed by atoms with Crippen molar-refractivity contribution in [1.29, 1.82) is 0 Å². The zero-order valence-corrected chi connectivity index (χ0v) is 18.2. The van der Waals surface area contributed by atoms with E-state index < -0.39 is 0 Å². The Morgan fingerprint density at radius 1 is 1.23 bits per heavy atom. The molecule has 3 rings (SSSR count). The van der Waals surface area contributed by atoms with Crippen LogP contribution in [-0.4, -0.2) is 56.9 Å². The Morgan fingerprint density at radius 3 is 2.80 bits per heavy atom. The van der Waals surface area contributed by atoms with Crippen molar-refractivity contribution in [2.24, 2.45) is 4.99 Å². The molecular weight excluding hydrogens is 378 g/mol. The molecule has 1 atom stereocenters. The van der Waals surface area contributed by atoms with Gasteiger partial charge in [-0.2, -0.15) is 0 Å². The fourth-order valence-electron chi connectivity index (χ4n) is 3.39. The number of nitrogens with one attached hydrogen (secondary N) is 2. The molecule has 7 heteroatoms. The Balaban J connectivity index is 1.55. The molecule has 0 saturated carbocycles. The summed E-state index contributed by atoms with van der Waals surface area (Å²) in [5, 5.41) is 6.73. The lowest BCUT2D eigenvalue weighted by Gasteiger charge is -2.32. The van der Waals surface area contributed by atoms with E-state index in [-0.39, 0.29) is 6.10 Å². The van der Waals surface area contributed by atoms with Gasteiger partial charge in [0.05, 0.1) is 26.4 Å². The van der Waals surface area contributed by atoms with E-state index in [1.165, 1.54) is 5.56 Å². The van der Waals surface area contributed by atoms with E-state index in [1.807, 2.05) is 24.4 Å². The first-order valence-electron chi connectivity index (χ1n) is 10.6. The summed E-state index contributed by atoms with van der Waals surface area (Å²) in [6, 6.07) is 12.3. The number of hydrogen-bond donors (Lipinski definition) is 2. The minimum atomic E-state index is 0.234. The molecule has 2 aromatic rings. The van der Waals surface area contributed by atoms with Crippen molar-refractivity contribution < 1.29 is 9.47 Å². The van der Waals surface area contributed by atoms with E-state index in [0.29, 0.717) is 6.54 Å². The summed E-state index contributed by atoms with van der Waals surface area (Å²) in [6.45, 7) is 8.90. The molecule has 1 fully saturated rings. The largest absolute Gasteiger partial charge is 0.497 e. The van der Waals surface area contributed by atoms with E-state index in [2.05, 4.69) is 52.6 Å². The Kier molecular flexibility index (Phi) is 8.32. The zero-order chi connectivity index (χ0) is 21.2. The first-order valence-corrected chi connectivity index (χ1v) is 10.6. The van der Waals surface area contributed by atoms with E-state index in [9.17, 15) is 0 Å². The van der Waals surface area contributed by atoms with Crippen LogP contribution in [0.3, 0.4) is 0 Å². The normalized spacial score (nSPS) is 17.0. The third-order valence-corrected chi connectivity index (χ3v) is 5.00. The number of hydrogen-bond acceptors (Lipinski definition) is 5. The summed E-state index contributed by atoms with van der Waals surface area (Å²) in [4.78, 5) is 11.6. The Labute approximate surface area is 179 Å². The Morgan fingerprint density at radius 2 is 2.07 bits per heavy atom. The smallest absolute Gasteiger partial charge is 0.191 e. The van der Waals surface area contributed by atoms with E-state index in [4.69, 9.17) is 14.5 Å². The second kappa shape index (κ2) is 11.4. The lowest BCUT2D eigenvalue weighted by Crippen LogP contribution is -2.41. The number of aliphatic imine (C=N–C) groups is 1. The fourth-order valence-corrected chi connectivity index (χ4v) is 3.39. The molecule has 1 unspecified atom stereocenters. The van der Waals surface area contributed by atoms with Gasteiger partial charge in [0, 0.05) is 32.4 Å². The summed E-state index contributed by atoms with van der Waals surface area (Å²) in [7, 11) is 1.68. The van der Waals surface area contributed by atoms with Gasteiger partial charge in [0.2, 0.25) is 0 Å².